The molecule has 0 unspecified atom stereocenters. The zero-order valence-electron chi connectivity index (χ0n) is 13.6. The molecule has 0 spiro atoms. The highest BCUT2D eigenvalue weighted by Crippen LogP contribution is 2.40. The molecule has 2 amide bonds. The second kappa shape index (κ2) is 8.53. The minimum Gasteiger partial charge on any atom is -0.465 e. The average molecular weight is 419 g/mol. The summed E-state index contributed by atoms with van der Waals surface area (Å²) < 4.78 is 40.5. The van der Waals surface area contributed by atoms with Crippen LogP contribution in [-0.2, 0) is 0 Å². The van der Waals surface area contributed by atoms with Gasteiger partial charge in [0.2, 0.25) is 0 Å². The second-order valence-corrected chi connectivity index (χ2v) is 6.67. The van der Waals surface area contributed by atoms with Crippen LogP contribution in [0, 0.1) is 17.5 Å². The molecule has 0 aliphatic carbocycles. The number of halogens is 4. The van der Waals surface area contributed by atoms with Crippen LogP contribution in [-0.4, -0.2) is 22.9 Å². The van der Waals surface area contributed by atoms with Gasteiger partial charge in [-0.2, -0.15) is 0 Å². The number of rotatable bonds is 3. The highest BCUT2D eigenvalue weighted by atomic mass is 35.5. The smallest absolute Gasteiger partial charge is 0.405 e. The van der Waals surface area contributed by atoms with Crippen LogP contribution >= 0.6 is 24.2 Å². The zero-order valence-corrected chi connectivity index (χ0v) is 15.2. The van der Waals surface area contributed by atoms with Gasteiger partial charge in [0.15, 0.2) is 11.6 Å². The molecule has 0 bridgehead atoms. The average Bonchev–Trinajstić information content (AvgIpc) is 2.58. The zero-order chi connectivity index (χ0) is 18.8. The number of anilines is 1. The highest BCUT2D eigenvalue weighted by Gasteiger charge is 2.29. The maximum atomic E-state index is 14.3. The van der Waals surface area contributed by atoms with Crippen LogP contribution in [0.5, 0.6) is 0 Å². The Morgan fingerprint density at radius 1 is 1.07 bits per heavy atom. The van der Waals surface area contributed by atoms with Crippen LogP contribution in [0.2, 0.25) is 0 Å². The van der Waals surface area contributed by atoms with E-state index < -0.39 is 35.5 Å². The minimum absolute atomic E-state index is 0. The van der Waals surface area contributed by atoms with Crippen LogP contribution in [0.1, 0.15) is 28.4 Å². The summed E-state index contributed by atoms with van der Waals surface area (Å²) in [5, 5.41) is 13.6. The Morgan fingerprint density at radius 3 is 2.44 bits per heavy atom. The molecule has 0 fully saturated rings. The summed E-state index contributed by atoms with van der Waals surface area (Å²) in [6, 6.07) is 4.52. The molecule has 0 radical (unpaired) electrons. The quantitative estimate of drug-likeness (QED) is 0.681. The number of benzene rings is 2. The lowest BCUT2D eigenvalue weighted by Gasteiger charge is -2.27. The van der Waals surface area contributed by atoms with Gasteiger partial charge >= 0.3 is 6.09 Å². The third-order valence-electron chi connectivity index (χ3n) is 3.86. The van der Waals surface area contributed by atoms with Crippen molar-refractivity contribution in [2.45, 2.75) is 17.4 Å². The summed E-state index contributed by atoms with van der Waals surface area (Å²) in [7, 11) is 0. The molecule has 0 aromatic heterocycles. The van der Waals surface area contributed by atoms with Crippen molar-refractivity contribution in [1.29, 1.82) is 0 Å². The van der Waals surface area contributed by atoms with E-state index in [1.807, 2.05) is 0 Å². The standard InChI is InChI=1S/C17H13F3N2O3S.ClH/c18-10-3-1-8(7-12(10)20)21-16(23)9-2-4-11(19)14-13(22-17(24)25)5-6-26-15(9)14;/h1-4,7,13,22H,5-6H2,(H,21,23)(H,24,25);1H/t13-;/m0./s1. The van der Waals surface area contributed by atoms with Crippen molar-refractivity contribution in [2.24, 2.45) is 0 Å². The summed E-state index contributed by atoms with van der Waals surface area (Å²) >= 11 is 1.24. The first-order chi connectivity index (χ1) is 12.4. The molecular formula is C17H14ClF3N2O3S. The highest BCUT2D eigenvalue weighted by molar-refractivity contribution is 7.99. The fourth-order valence-corrected chi connectivity index (χ4v) is 3.99. The van der Waals surface area contributed by atoms with Crippen LogP contribution in [0.3, 0.4) is 0 Å². The van der Waals surface area contributed by atoms with E-state index in [-0.39, 0.29) is 29.2 Å². The number of fused-ring (bicyclic) bond motifs is 1. The summed E-state index contributed by atoms with van der Waals surface area (Å²) in [4.78, 5) is 23.8. The molecule has 1 heterocycles. The first-order valence-corrected chi connectivity index (χ1v) is 8.56. The van der Waals surface area contributed by atoms with E-state index in [0.717, 1.165) is 18.2 Å². The number of carboxylic acid groups (broad SMARTS) is 1. The van der Waals surface area contributed by atoms with Gasteiger partial charge in [-0.3, -0.25) is 4.79 Å². The lowest BCUT2D eigenvalue weighted by atomic mass is 10.00. The molecule has 5 nitrogen and oxygen atoms in total. The van der Waals surface area contributed by atoms with E-state index in [9.17, 15) is 22.8 Å². The van der Waals surface area contributed by atoms with E-state index in [4.69, 9.17) is 5.11 Å². The molecule has 1 atom stereocenters. The van der Waals surface area contributed by atoms with Crippen molar-refractivity contribution in [2.75, 3.05) is 11.1 Å². The van der Waals surface area contributed by atoms with Gasteiger partial charge in [-0.15, -0.1) is 24.2 Å². The first kappa shape index (κ1) is 20.9. The van der Waals surface area contributed by atoms with Crippen LogP contribution in [0.15, 0.2) is 35.2 Å². The molecule has 2 aromatic rings. The third-order valence-corrected chi connectivity index (χ3v) is 5.03. The summed E-state index contributed by atoms with van der Waals surface area (Å²) in [6.07, 6.45) is -0.904. The van der Waals surface area contributed by atoms with Gasteiger partial charge in [0.25, 0.3) is 5.91 Å². The lowest BCUT2D eigenvalue weighted by molar-refractivity contribution is 0.102. The fraction of sp³-hybridized carbons (Fsp3) is 0.176. The normalized spacial score (nSPS) is 15.3. The predicted octanol–water partition coefficient (Wildman–Crippen LogP) is 4.58. The topological polar surface area (TPSA) is 78.4 Å². The van der Waals surface area contributed by atoms with Crippen molar-refractivity contribution in [3.8, 4) is 0 Å². The van der Waals surface area contributed by atoms with Gasteiger partial charge < -0.3 is 15.7 Å². The number of carbonyl (C=O) groups excluding carboxylic acids is 1. The molecule has 3 rings (SSSR count). The Kier molecular flexibility index (Phi) is 6.61. The summed E-state index contributed by atoms with van der Waals surface area (Å²) in [5.74, 6) is -2.90. The van der Waals surface area contributed by atoms with Crippen molar-refractivity contribution >= 4 is 41.9 Å². The van der Waals surface area contributed by atoms with Crippen LogP contribution < -0.4 is 10.6 Å². The maximum absolute atomic E-state index is 14.3. The van der Waals surface area contributed by atoms with Gasteiger partial charge in [0, 0.05) is 28.0 Å². The Balaban J connectivity index is 0.00000261. The molecule has 2 aromatic carbocycles. The number of thioether (sulfide) groups is 1. The number of hydrogen-bond donors (Lipinski definition) is 3. The fourth-order valence-electron chi connectivity index (χ4n) is 2.72. The van der Waals surface area contributed by atoms with Gasteiger partial charge in [-0.25, -0.2) is 18.0 Å². The van der Waals surface area contributed by atoms with Gasteiger partial charge in [0.05, 0.1) is 11.6 Å². The Bertz CT molecular complexity index is 898. The Labute approximate surface area is 162 Å². The van der Waals surface area contributed by atoms with Crippen LogP contribution in [0.4, 0.5) is 23.7 Å². The number of amides is 2. The molecule has 0 saturated heterocycles. The first-order valence-electron chi connectivity index (χ1n) is 7.58. The van der Waals surface area contributed by atoms with Crippen molar-refractivity contribution in [3.63, 3.8) is 0 Å². The second-order valence-electron chi connectivity index (χ2n) is 5.56. The van der Waals surface area contributed by atoms with E-state index >= 15 is 0 Å². The van der Waals surface area contributed by atoms with Crippen LogP contribution in [0.25, 0.3) is 0 Å². The molecule has 10 heteroatoms. The summed E-state index contributed by atoms with van der Waals surface area (Å²) in [5.41, 5.74) is 0.294. The minimum atomic E-state index is -1.29. The van der Waals surface area contributed by atoms with Crippen molar-refractivity contribution in [3.05, 3.63) is 58.9 Å². The monoisotopic (exact) mass is 418 g/mol. The number of hydrogen-bond acceptors (Lipinski definition) is 3. The van der Waals surface area contributed by atoms with E-state index in [2.05, 4.69) is 10.6 Å². The van der Waals surface area contributed by atoms with Gasteiger partial charge in [-0.05, 0) is 30.7 Å². The SMILES string of the molecule is Cl.O=C(O)N[C@H]1CCSc2c(C(=O)Nc3ccc(F)c(F)c3)ccc(F)c21. The molecule has 27 heavy (non-hydrogen) atoms. The molecular weight excluding hydrogens is 405 g/mol. The van der Waals surface area contributed by atoms with E-state index in [1.54, 1.807) is 0 Å². The largest absolute Gasteiger partial charge is 0.465 e. The maximum Gasteiger partial charge on any atom is 0.405 e. The third kappa shape index (κ3) is 4.48. The van der Waals surface area contributed by atoms with Gasteiger partial charge in [0.1, 0.15) is 5.82 Å². The number of carbonyl (C=O) groups is 2. The van der Waals surface area contributed by atoms with Crippen molar-refractivity contribution in [1.82, 2.24) is 5.32 Å². The number of nitrogens with one attached hydrogen (secondary N) is 2. The van der Waals surface area contributed by atoms with Crippen molar-refractivity contribution < 1.29 is 27.9 Å². The van der Waals surface area contributed by atoms with E-state index in [0.29, 0.717) is 17.1 Å². The molecule has 1 aliphatic rings. The molecule has 3 N–H and O–H groups in total. The Hall–Kier alpha value is -2.39. The van der Waals surface area contributed by atoms with Gasteiger partial charge in [-0.1, -0.05) is 0 Å². The molecule has 1 aliphatic heterocycles. The summed E-state index contributed by atoms with van der Waals surface area (Å²) in [6.45, 7) is 0. The predicted molar refractivity (Wildman–Crippen MR) is 97.2 cm³/mol. The lowest BCUT2D eigenvalue weighted by Crippen LogP contribution is -2.30. The molecule has 0 saturated carbocycles. The molecule has 144 valence electrons. The Morgan fingerprint density at radius 2 is 1.78 bits per heavy atom. The van der Waals surface area contributed by atoms with E-state index in [1.165, 1.54) is 23.9 Å².